The molecule has 0 N–H and O–H groups in total. The third-order valence-corrected chi connectivity index (χ3v) is 9.65. The molecule has 2 aromatic rings. The van der Waals surface area contributed by atoms with Gasteiger partial charge in [-0.05, 0) is 122 Å². The maximum absolute atomic E-state index is 12.6. The molecule has 4 fully saturated rings. The van der Waals surface area contributed by atoms with E-state index in [4.69, 9.17) is 4.74 Å². The minimum Gasteiger partial charge on any atom is -0.443 e. The van der Waals surface area contributed by atoms with E-state index in [1.54, 1.807) is 16.7 Å². The second-order valence-corrected chi connectivity index (χ2v) is 13.8. The number of ether oxygens (including phenoxy) is 1. The Balaban J connectivity index is 0.000000138. The van der Waals surface area contributed by atoms with E-state index < -0.39 is 11.7 Å². The van der Waals surface area contributed by atoms with Crippen LogP contribution in [0.3, 0.4) is 0 Å². The van der Waals surface area contributed by atoms with Gasteiger partial charge in [0.25, 0.3) is 0 Å². The summed E-state index contributed by atoms with van der Waals surface area (Å²) in [5.41, 5.74) is 8.01. The van der Waals surface area contributed by atoms with Crippen LogP contribution in [0.2, 0.25) is 0 Å². The van der Waals surface area contributed by atoms with Gasteiger partial charge in [-0.2, -0.15) is 0 Å². The Labute approximate surface area is 231 Å². The fourth-order valence-corrected chi connectivity index (χ4v) is 7.86. The van der Waals surface area contributed by atoms with Gasteiger partial charge in [-0.25, -0.2) is 9.69 Å². The van der Waals surface area contributed by atoms with Gasteiger partial charge in [0.2, 0.25) is 5.91 Å². The van der Waals surface area contributed by atoms with E-state index in [-0.39, 0.29) is 17.9 Å². The molecule has 2 aromatic carbocycles. The summed E-state index contributed by atoms with van der Waals surface area (Å²) in [6.45, 7) is 5.50. The summed E-state index contributed by atoms with van der Waals surface area (Å²) >= 11 is 0. The van der Waals surface area contributed by atoms with E-state index in [2.05, 4.69) is 36.4 Å². The summed E-state index contributed by atoms with van der Waals surface area (Å²) in [5.74, 6) is 3.27. The number of carbonyl (C=O) groups excluding carboxylic acids is 3. The van der Waals surface area contributed by atoms with Crippen molar-refractivity contribution in [3.05, 3.63) is 69.8 Å². The number of carbonyl (C=O) groups is 3. The quantitative estimate of drug-likeness (QED) is 0.418. The summed E-state index contributed by atoms with van der Waals surface area (Å²) < 4.78 is 5.50. The molecule has 4 atom stereocenters. The van der Waals surface area contributed by atoms with Gasteiger partial charge in [0.15, 0.2) is 0 Å². The summed E-state index contributed by atoms with van der Waals surface area (Å²) in [7, 11) is 0. The fourth-order valence-electron chi connectivity index (χ4n) is 7.86. The van der Waals surface area contributed by atoms with Crippen LogP contribution >= 0.6 is 0 Å². The fraction of sp³-hybridized carbons (Fsp3) is 0.559. The monoisotopic (exact) mass is 525 g/mol. The molecule has 2 amide bonds. The largest absolute Gasteiger partial charge is 0.443 e. The van der Waals surface area contributed by atoms with Gasteiger partial charge < -0.3 is 4.74 Å². The number of hydrogen-bond donors (Lipinski definition) is 0. The average molecular weight is 526 g/mol. The molecule has 0 spiro atoms. The Morgan fingerprint density at radius 3 is 1.97 bits per heavy atom. The Bertz CT molecular complexity index is 1360. The first-order chi connectivity index (χ1) is 18.7. The second kappa shape index (κ2) is 9.04. The van der Waals surface area contributed by atoms with Crippen LogP contribution in [0.1, 0.15) is 123 Å². The summed E-state index contributed by atoms with van der Waals surface area (Å²) in [6, 6.07) is 13.1. The molecule has 1 aliphatic heterocycles. The van der Waals surface area contributed by atoms with Crippen LogP contribution in [0.4, 0.5) is 4.79 Å². The molecule has 3 saturated carbocycles. The molecule has 5 heteroatoms. The first-order valence-corrected chi connectivity index (χ1v) is 15.0. The van der Waals surface area contributed by atoms with Crippen molar-refractivity contribution < 1.29 is 19.1 Å². The number of Topliss-reactive ketones (excluding diaryl/α,β-unsaturated/α-hetero) is 1. The standard InChI is InChI=1S/C19H23NO3.C15H16O/c1-19(2,3)23-18(22)20-15(21)10-13-9-12-5-4-6-14(11-7-8-11)16(12)17(13)20;16-12-7-11-6-10-2-1-3-13(9-4-5-9)15(10)14(11)8-12/h4-6,11,13,17H,7-10H2,1-3H3;1-3,9,11,14H,4-8H2. The Hall–Kier alpha value is -2.95. The van der Waals surface area contributed by atoms with Crippen LogP contribution in [0.5, 0.6) is 0 Å². The molecule has 0 bridgehead atoms. The molecule has 1 saturated heterocycles. The molecule has 1 heterocycles. The Morgan fingerprint density at radius 2 is 1.36 bits per heavy atom. The number of imide groups is 1. The number of rotatable bonds is 2. The minimum atomic E-state index is -0.590. The van der Waals surface area contributed by atoms with Crippen LogP contribution in [0.15, 0.2) is 36.4 Å². The van der Waals surface area contributed by atoms with Crippen LogP contribution < -0.4 is 0 Å². The molecule has 0 aromatic heterocycles. The lowest BCUT2D eigenvalue weighted by atomic mass is 9.91. The van der Waals surface area contributed by atoms with Crippen molar-refractivity contribution in [3.63, 3.8) is 0 Å². The highest BCUT2D eigenvalue weighted by molar-refractivity contribution is 5.95. The molecule has 204 valence electrons. The summed E-state index contributed by atoms with van der Waals surface area (Å²) in [5, 5.41) is 0. The maximum atomic E-state index is 12.6. The zero-order valence-electron chi connectivity index (χ0n) is 23.4. The molecule has 39 heavy (non-hydrogen) atoms. The Kier molecular flexibility index (Phi) is 5.81. The van der Waals surface area contributed by atoms with Crippen LogP contribution in [-0.2, 0) is 27.2 Å². The number of hydrogen-bond acceptors (Lipinski definition) is 4. The van der Waals surface area contributed by atoms with Gasteiger partial charge in [-0.3, -0.25) is 9.59 Å². The smallest absolute Gasteiger partial charge is 0.417 e. The summed E-state index contributed by atoms with van der Waals surface area (Å²) in [6.07, 6.45) is 8.82. The lowest BCUT2D eigenvalue weighted by molar-refractivity contribution is -0.128. The highest BCUT2D eigenvalue weighted by atomic mass is 16.6. The van der Waals surface area contributed by atoms with Crippen LogP contribution in [0.25, 0.3) is 0 Å². The molecular formula is C34H39NO4. The molecule has 8 rings (SSSR count). The van der Waals surface area contributed by atoms with Crippen molar-refractivity contribution in [2.24, 2.45) is 11.8 Å². The van der Waals surface area contributed by atoms with Gasteiger partial charge in [-0.15, -0.1) is 0 Å². The molecule has 0 radical (unpaired) electrons. The van der Waals surface area contributed by atoms with Crippen molar-refractivity contribution in [3.8, 4) is 0 Å². The van der Waals surface area contributed by atoms with E-state index in [1.807, 2.05) is 20.8 Å². The highest BCUT2D eigenvalue weighted by Gasteiger charge is 2.51. The first-order valence-electron chi connectivity index (χ1n) is 15.0. The van der Waals surface area contributed by atoms with Crippen LogP contribution in [0, 0.1) is 11.8 Å². The highest BCUT2D eigenvalue weighted by Crippen LogP contribution is 2.54. The van der Waals surface area contributed by atoms with Gasteiger partial charge >= 0.3 is 6.09 Å². The number of likely N-dealkylation sites (tertiary alicyclic amines) is 1. The third-order valence-electron chi connectivity index (χ3n) is 9.65. The summed E-state index contributed by atoms with van der Waals surface area (Å²) in [4.78, 5) is 38.0. The maximum Gasteiger partial charge on any atom is 0.417 e. The number of benzene rings is 2. The lowest BCUT2D eigenvalue weighted by Crippen LogP contribution is -2.39. The van der Waals surface area contributed by atoms with E-state index in [0.717, 1.165) is 31.6 Å². The van der Waals surface area contributed by atoms with E-state index >= 15 is 0 Å². The normalized spacial score (nSPS) is 28.4. The molecule has 6 aliphatic rings. The van der Waals surface area contributed by atoms with Gasteiger partial charge in [0.05, 0.1) is 6.04 Å². The van der Waals surface area contributed by atoms with E-state index in [0.29, 0.717) is 30.0 Å². The van der Waals surface area contributed by atoms with Crippen molar-refractivity contribution >= 4 is 17.8 Å². The topological polar surface area (TPSA) is 63.7 Å². The zero-order chi connectivity index (χ0) is 27.1. The number of fused-ring (bicyclic) bond motifs is 6. The molecule has 4 unspecified atom stereocenters. The lowest BCUT2D eigenvalue weighted by Gasteiger charge is -2.28. The minimum absolute atomic E-state index is 0.0921. The number of nitrogens with zero attached hydrogens (tertiary/aromatic N) is 1. The SMILES string of the molecule is CC(C)(C)OC(=O)N1C(=O)CC2Cc3cccc(C4CC4)c3C21.O=C1CC2Cc3cccc(C4CC4)c3C2C1. The number of amides is 2. The van der Waals surface area contributed by atoms with Crippen LogP contribution in [-0.4, -0.2) is 28.3 Å². The zero-order valence-corrected chi connectivity index (χ0v) is 23.4. The van der Waals surface area contributed by atoms with Gasteiger partial charge in [-0.1, -0.05) is 36.4 Å². The number of ketones is 1. The first kappa shape index (κ1) is 25.0. The van der Waals surface area contributed by atoms with Gasteiger partial charge in [0.1, 0.15) is 11.4 Å². The van der Waals surface area contributed by atoms with Gasteiger partial charge in [0, 0.05) is 19.3 Å². The van der Waals surface area contributed by atoms with E-state index in [9.17, 15) is 14.4 Å². The average Bonchev–Trinajstić information content (AvgIpc) is 3.76. The third kappa shape index (κ3) is 4.52. The van der Waals surface area contributed by atoms with Crippen molar-refractivity contribution in [1.29, 1.82) is 0 Å². The van der Waals surface area contributed by atoms with Crippen molar-refractivity contribution in [2.45, 2.75) is 108 Å². The molecule has 5 nitrogen and oxygen atoms in total. The van der Waals surface area contributed by atoms with Crippen molar-refractivity contribution in [1.82, 2.24) is 4.90 Å². The predicted molar refractivity (Wildman–Crippen MR) is 149 cm³/mol. The predicted octanol–water partition coefficient (Wildman–Crippen LogP) is 7.13. The molecule has 5 aliphatic carbocycles. The van der Waals surface area contributed by atoms with E-state index in [1.165, 1.54) is 47.3 Å². The molecular weight excluding hydrogens is 486 g/mol. The Morgan fingerprint density at radius 1 is 0.769 bits per heavy atom. The second-order valence-electron chi connectivity index (χ2n) is 13.8. The van der Waals surface area contributed by atoms with Crippen molar-refractivity contribution in [2.75, 3.05) is 0 Å².